The van der Waals surface area contributed by atoms with E-state index in [4.69, 9.17) is 20.8 Å². The minimum atomic E-state index is -0.0495. The smallest absolute Gasteiger partial charge is 0.224 e. The lowest BCUT2D eigenvalue weighted by Gasteiger charge is -2.39. The Balaban J connectivity index is 1.36. The number of methoxy groups -OCH3 is 1. The number of nitrogens with one attached hydrogen (secondary N) is 1. The van der Waals surface area contributed by atoms with E-state index in [0.717, 1.165) is 43.3 Å². The van der Waals surface area contributed by atoms with Gasteiger partial charge in [-0.25, -0.2) is 0 Å². The lowest BCUT2D eigenvalue weighted by molar-refractivity contribution is -0.120. The zero-order valence-corrected chi connectivity index (χ0v) is 18.9. The summed E-state index contributed by atoms with van der Waals surface area (Å²) in [6.45, 7) is 4.03. The van der Waals surface area contributed by atoms with E-state index in [1.54, 1.807) is 19.4 Å². The topological polar surface area (TPSA) is 58.0 Å². The zero-order valence-electron chi connectivity index (χ0n) is 18.2. The molecule has 32 heavy (non-hydrogen) atoms. The van der Waals surface area contributed by atoms with Crippen molar-refractivity contribution in [1.82, 2.24) is 10.2 Å². The lowest BCUT2D eigenvalue weighted by atomic mass is 10.1. The van der Waals surface area contributed by atoms with E-state index >= 15 is 0 Å². The summed E-state index contributed by atoms with van der Waals surface area (Å²) in [5.74, 6) is 1.67. The van der Waals surface area contributed by atoms with Crippen molar-refractivity contribution in [1.29, 1.82) is 0 Å². The van der Waals surface area contributed by atoms with Gasteiger partial charge in [0.05, 0.1) is 25.8 Å². The largest absolute Gasteiger partial charge is 0.497 e. The number of amides is 1. The zero-order chi connectivity index (χ0) is 22.3. The number of anilines is 1. The van der Waals surface area contributed by atoms with Crippen molar-refractivity contribution in [2.45, 2.75) is 12.5 Å². The first kappa shape index (κ1) is 22.2. The van der Waals surface area contributed by atoms with E-state index < -0.39 is 0 Å². The number of piperazine rings is 1. The van der Waals surface area contributed by atoms with Gasteiger partial charge in [0.15, 0.2) is 0 Å². The van der Waals surface area contributed by atoms with Crippen molar-refractivity contribution < 1.29 is 13.9 Å². The summed E-state index contributed by atoms with van der Waals surface area (Å²) >= 11 is 6.20. The maximum Gasteiger partial charge on any atom is 0.224 e. The first-order valence-corrected chi connectivity index (χ1v) is 11.2. The molecule has 3 aromatic rings. The SMILES string of the molecule is COc1ccc(N2CCN(C(CNC(=O)Cc3ccccc3Cl)c3ccco3)CC2)cc1. The number of halogens is 1. The molecular formula is C25H28ClN3O3. The van der Waals surface area contributed by atoms with Gasteiger partial charge in [-0.2, -0.15) is 0 Å². The maximum atomic E-state index is 12.6. The summed E-state index contributed by atoms with van der Waals surface area (Å²) in [6.07, 6.45) is 1.94. The highest BCUT2D eigenvalue weighted by Gasteiger charge is 2.27. The Morgan fingerprint density at radius 3 is 2.47 bits per heavy atom. The van der Waals surface area contributed by atoms with E-state index in [0.29, 0.717) is 11.6 Å². The van der Waals surface area contributed by atoms with Gasteiger partial charge < -0.3 is 19.4 Å². The summed E-state index contributed by atoms with van der Waals surface area (Å²) in [5.41, 5.74) is 2.02. The molecule has 1 amide bonds. The molecule has 0 spiro atoms. The number of benzene rings is 2. The predicted octanol–water partition coefficient (Wildman–Crippen LogP) is 4.16. The number of carbonyl (C=O) groups excluding carboxylic acids is 1. The van der Waals surface area contributed by atoms with Crippen LogP contribution >= 0.6 is 11.6 Å². The van der Waals surface area contributed by atoms with Crippen LogP contribution in [0.2, 0.25) is 5.02 Å². The van der Waals surface area contributed by atoms with Crippen LogP contribution in [0.3, 0.4) is 0 Å². The first-order valence-electron chi connectivity index (χ1n) is 10.8. The van der Waals surface area contributed by atoms with Crippen molar-refractivity contribution in [2.75, 3.05) is 44.7 Å². The van der Waals surface area contributed by atoms with Crippen LogP contribution in [0.25, 0.3) is 0 Å². The minimum absolute atomic E-state index is 0.0155. The molecule has 1 aliphatic rings. The number of carbonyl (C=O) groups is 1. The molecule has 6 nitrogen and oxygen atoms in total. The third kappa shape index (κ3) is 5.44. The van der Waals surface area contributed by atoms with Crippen LogP contribution in [-0.2, 0) is 11.2 Å². The molecule has 2 aromatic carbocycles. The second-order valence-corrected chi connectivity index (χ2v) is 8.23. The Bertz CT molecular complexity index is 1000. The van der Waals surface area contributed by atoms with Crippen molar-refractivity contribution in [3.8, 4) is 5.75 Å². The standard InChI is InChI=1S/C25H28ClN3O3/c1-31-21-10-8-20(9-11-21)28-12-14-29(15-13-28)23(24-7-4-16-32-24)18-27-25(30)17-19-5-2-3-6-22(19)26/h2-11,16,23H,12-15,17-18H2,1H3,(H,27,30). The van der Waals surface area contributed by atoms with Gasteiger partial charge in [-0.05, 0) is 48.0 Å². The van der Waals surface area contributed by atoms with Crippen LogP contribution < -0.4 is 15.0 Å². The molecule has 168 valence electrons. The van der Waals surface area contributed by atoms with Gasteiger partial charge in [0.2, 0.25) is 5.91 Å². The van der Waals surface area contributed by atoms with E-state index in [2.05, 4.69) is 27.2 Å². The summed E-state index contributed by atoms with van der Waals surface area (Å²) in [5, 5.41) is 3.68. The van der Waals surface area contributed by atoms with E-state index in [1.165, 1.54) is 5.69 Å². The van der Waals surface area contributed by atoms with E-state index in [1.807, 2.05) is 42.5 Å². The Morgan fingerprint density at radius 1 is 1.06 bits per heavy atom. The fourth-order valence-electron chi connectivity index (χ4n) is 4.06. The van der Waals surface area contributed by atoms with Crippen molar-refractivity contribution in [3.05, 3.63) is 83.3 Å². The Labute approximate surface area is 193 Å². The molecule has 1 fully saturated rings. The molecule has 1 atom stereocenters. The summed E-state index contributed by atoms with van der Waals surface area (Å²) in [4.78, 5) is 17.3. The third-order valence-electron chi connectivity index (χ3n) is 5.87. The molecule has 1 aromatic heterocycles. The number of rotatable bonds is 8. The predicted molar refractivity (Wildman–Crippen MR) is 126 cm³/mol. The van der Waals surface area contributed by atoms with E-state index in [-0.39, 0.29) is 18.4 Å². The fourth-order valence-corrected chi connectivity index (χ4v) is 4.27. The van der Waals surface area contributed by atoms with Crippen LogP contribution in [0, 0.1) is 0 Å². The third-order valence-corrected chi connectivity index (χ3v) is 6.23. The number of ether oxygens (including phenoxy) is 1. The van der Waals surface area contributed by atoms with Gasteiger partial charge in [0, 0.05) is 43.4 Å². The highest BCUT2D eigenvalue weighted by Crippen LogP contribution is 2.25. The molecule has 7 heteroatoms. The molecule has 0 radical (unpaired) electrons. The summed E-state index contributed by atoms with van der Waals surface area (Å²) in [7, 11) is 1.68. The first-order chi connectivity index (χ1) is 15.6. The van der Waals surface area contributed by atoms with Crippen LogP contribution in [0.1, 0.15) is 17.4 Å². The van der Waals surface area contributed by atoms with Crippen molar-refractivity contribution in [2.24, 2.45) is 0 Å². The molecular weight excluding hydrogens is 426 g/mol. The molecule has 1 unspecified atom stereocenters. The maximum absolute atomic E-state index is 12.6. The average Bonchev–Trinajstić information content (AvgIpc) is 3.36. The van der Waals surface area contributed by atoms with Gasteiger partial charge in [-0.1, -0.05) is 29.8 Å². The van der Waals surface area contributed by atoms with E-state index in [9.17, 15) is 4.79 Å². The van der Waals surface area contributed by atoms with Crippen molar-refractivity contribution >= 4 is 23.2 Å². The Kier molecular flexibility index (Phi) is 7.35. The number of nitrogens with zero attached hydrogens (tertiary/aromatic N) is 2. The number of hydrogen-bond acceptors (Lipinski definition) is 5. The van der Waals surface area contributed by atoms with Crippen LogP contribution in [0.4, 0.5) is 5.69 Å². The highest BCUT2D eigenvalue weighted by atomic mass is 35.5. The summed E-state index contributed by atoms with van der Waals surface area (Å²) in [6, 6.07) is 19.4. The summed E-state index contributed by atoms with van der Waals surface area (Å²) < 4.78 is 11.0. The van der Waals surface area contributed by atoms with Crippen LogP contribution in [0.5, 0.6) is 5.75 Å². The molecule has 1 saturated heterocycles. The average molecular weight is 454 g/mol. The van der Waals surface area contributed by atoms with Crippen molar-refractivity contribution in [3.63, 3.8) is 0 Å². The van der Waals surface area contributed by atoms with Gasteiger partial charge in [-0.3, -0.25) is 9.69 Å². The molecule has 0 aliphatic carbocycles. The fraction of sp³-hybridized carbons (Fsp3) is 0.320. The molecule has 0 saturated carbocycles. The quantitative estimate of drug-likeness (QED) is 0.555. The molecule has 1 aliphatic heterocycles. The minimum Gasteiger partial charge on any atom is -0.497 e. The molecule has 1 N–H and O–H groups in total. The Morgan fingerprint density at radius 2 is 1.81 bits per heavy atom. The molecule has 0 bridgehead atoms. The van der Waals surface area contributed by atoms with Gasteiger partial charge >= 0.3 is 0 Å². The monoisotopic (exact) mass is 453 g/mol. The highest BCUT2D eigenvalue weighted by molar-refractivity contribution is 6.31. The number of furan rings is 1. The second-order valence-electron chi connectivity index (χ2n) is 7.82. The van der Waals surface area contributed by atoms with Crippen LogP contribution in [0.15, 0.2) is 71.3 Å². The van der Waals surface area contributed by atoms with Gasteiger partial charge in [-0.15, -0.1) is 0 Å². The van der Waals surface area contributed by atoms with Gasteiger partial charge in [0.25, 0.3) is 0 Å². The lowest BCUT2D eigenvalue weighted by Crippen LogP contribution is -2.50. The normalized spacial score (nSPS) is 15.4. The van der Waals surface area contributed by atoms with Crippen LogP contribution in [-0.4, -0.2) is 50.6 Å². The molecule has 2 heterocycles. The van der Waals surface area contributed by atoms with Gasteiger partial charge in [0.1, 0.15) is 11.5 Å². The second kappa shape index (κ2) is 10.6. The number of hydrogen-bond donors (Lipinski definition) is 1. The Hall–Kier alpha value is -2.96. The molecule has 4 rings (SSSR count).